The number of hydrogen-bond donors (Lipinski definition) is 0. The molecular formula is C44H48O16. The van der Waals surface area contributed by atoms with E-state index in [4.69, 9.17) is 61.6 Å². The Morgan fingerprint density at radius 1 is 0.467 bits per heavy atom. The highest BCUT2D eigenvalue weighted by molar-refractivity contribution is 5.71. The van der Waals surface area contributed by atoms with E-state index in [2.05, 4.69) is 0 Å². The van der Waals surface area contributed by atoms with E-state index >= 15 is 0 Å². The van der Waals surface area contributed by atoms with Gasteiger partial charge in [-0.1, -0.05) is 6.07 Å². The summed E-state index contributed by atoms with van der Waals surface area (Å²) in [5.41, 5.74) is 2.14. The summed E-state index contributed by atoms with van der Waals surface area (Å²) < 4.78 is 78.2. The molecule has 0 aliphatic carbocycles. The van der Waals surface area contributed by atoms with E-state index < -0.39 is 54.3 Å². The first kappa shape index (κ1) is 42.9. The molecule has 60 heavy (non-hydrogen) atoms. The summed E-state index contributed by atoms with van der Waals surface area (Å²) in [7, 11) is 11.8. The molecule has 2 aliphatic heterocycles. The quantitative estimate of drug-likeness (QED) is 0.0980. The zero-order chi connectivity index (χ0) is 43.4. The van der Waals surface area contributed by atoms with Gasteiger partial charge >= 0.3 is 17.9 Å². The van der Waals surface area contributed by atoms with Crippen LogP contribution in [0.3, 0.4) is 0 Å². The molecule has 0 saturated carbocycles. The SMILES string of the molecule is COc1ccc2c(c1)O[C@H](c1cc(OC)c(OC)c(OC)c1)[C@@H](OC(C)=O)[C@@H]2c1c([C@H]2Oc3cc(OC)ccc3[C@@H](OC(C)=O)[C@@H]2OC(C)=O)cc(OC)c(OC)c1OC. The van der Waals surface area contributed by atoms with Gasteiger partial charge < -0.3 is 61.6 Å². The highest BCUT2D eigenvalue weighted by Crippen LogP contribution is 2.58. The average Bonchev–Trinajstić information content (AvgIpc) is 3.24. The Morgan fingerprint density at radius 3 is 1.45 bits per heavy atom. The van der Waals surface area contributed by atoms with Crippen molar-refractivity contribution in [2.75, 3.05) is 56.9 Å². The number of carbonyl (C=O) groups excluding carboxylic acids is 3. The third-order valence-corrected chi connectivity index (χ3v) is 10.2. The molecule has 0 aromatic heterocycles. The third-order valence-electron chi connectivity index (χ3n) is 10.2. The maximum absolute atomic E-state index is 13.3. The van der Waals surface area contributed by atoms with E-state index in [1.165, 1.54) is 77.6 Å². The zero-order valence-corrected chi connectivity index (χ0v) is 35.2. The van der Waals surface area contributed by atoms with Crippen molar-refractivity contribution >= 4 is 17.9 Å². The maximum Gasteiger partial charge on any atom is 0.303 e. The van der Waals surface area contributed by atoms with Crippen LogP contribution in [0.2, 0.25) is 0 Å². The highest BCUT2D eigenvalue weighted by atomic mass is 16.6. The number of esters is 3. The van der Waals surface area contributed by atoms with E-state index in [1.807, 2.05) is 0 Å². The molecule has 2 heterocycles. The Labute approximate surface area is 347 Å². The molecule has 0 bridgehead atoms. The summed E-state index contributed by atoms with van der Waals surface area (Å²) in [5.74, 6) is 0.155. The Morgan fingerprint density at radius 2 is 0.950 bits per heavy atom. The maximum atomic E-state index is 13.3. The Hall–Kier alpha value is -6.71. The first-order valence-electron chi connectivity index (χ1n) is 18.7. The van der Waals surface area contributed by atoms with Crippen molar-refractivity contribution in [3.05, 3.63) is 82.4 Å². The minimum absolute atomic E-state index is 0.159. The van der Waals surface area contributed by atoms with Crippen LogP contribution in [0.4, 0.5) is 0 Å². The summed E-state index contributed by atoms with van der Waals surface area (Å²) in [5, 5.41) is 0. The van der Waals surface area contributed by atoms with E-state index in [0.717, 1.165) is 0 Å². The number of hydrogen-bond acceptors (Lipinski definition) is 16. The predicted octanol–water partition coefficient (Wildman–Crippen LogP) is 6.62. The van der Waals surface area contributed by atoms with Gasteiger partial charge in [-0.25, -0.2) is 0 Å². The first-order valence-corrected chi connectivity index (χ1v) is 18.7. The van der Waals surface area contributed by atoms with Gasteiger partial charge in [0, 0.05) is 60.7 Å². The van der Waals surface area contributed by atoms with Crippen molar-refractivity contribution in [2.45, 2.75) is 57.2 Å². The van der Waals surface area contributed by atoms with E-state index in [-0.39, 0.29) is 23.0 Å². The number of benzene rings is 4. The van der Waals surface area contributed by atoms with Crippen LogP contribution < -0.4 is 47.4 Å². The number of carbonyl (C=O) groups is 3. The molecule has 6 rings (SSSR count). The summed E-state index contributed by atoms with van der Waals surface area (Å²) in [6, 6.07) is 15.3. The molecule has 4 aromatic carbocycles. The topological polar surface area (TPSA) is 171 Å². The van der Waals surface area contributed by atoms with Gasteiger partial charge in [-0.2, -0.15) is 0 Å². The molecule has 2 aliphatic rings. The van der Waals surface area contributed by atoms with E-state index in [1.54, 1.807) is 54.6 Å². The molecule has 0 saturated heterocycles. The summed E-state index contributed by atoms with van der Waals surface area (Å²) in [6.45, 7) is 3.78. The molecule has 0 spiro atoms. The van der Waals surface area contributed by atoms with Crippen LogP contribution in [0.5, 0.6) is 57.5 Å². The number of ether oxygens (including phenoxy) is 13. The molecule has 16 heteroatoms. The van der Waals surface area contributed by atoms with Crippen molar-refractivity contribution in [3.8, 4) is 57.5 Å². The lowest BCUT2D eigenvalue weighted by Gasteiger charge is -2.43. The van der Waals surface area contributed by atoms with Crippen LogP contribution in [-0.4, -0.2) is 87.0 Å². The predicted molar refractivity (Wildman–Crippen MR) is 212 cm³/mol. The van der Waals surface area contributed by atoms with Crippen molar-refractivity contribution in [3.63, 3.8) is 0 Å². The zero-order valence-electron chi connectivity index (χ0n) is 35.2. The number of rotatable bonds is 14. The van der Waals surface area contributed by atoms with Gasteiger partial charge in [0.1, 0.15) is 23.0 Å². The molecule has 4 aromatic rings. The lowest BCUT2D eigenvalue weighted by Crippen LogP contribution is -2.42. The van der Waals surface area contributed by atoms with Gasteiger partial charge in [-0.3, -0.25) is 14.4 Å². The standard InChI is InChI=1S/C44H48O16/c1-21(45)56-38-28-15-13-26(49-5)19-31(28)60-39(44(38)58-23(3)47)29-20-34(52-8)41(54-10)42(55-11)36(29)35-27-14-12-25(48-4)18-30(27)59-37(43(35)57-22(2)46)24-16-32(50-6)40(53-9)33(17-24)51-7/h12-20,35,37-39,43-44H,1-11H3/t35-,37+,38+,39+,43-,44-/m0/s1. The first-order chi connectivity index (χ1) is 28.9. The van der Waals surface area contributed by atoms with Crippen molar-refractivity contribution in [1.82, 2.24) is 0 Å². The number of methoxy groups -OCH3 is 8. The van der Waals surface area contributed by atoms with Gasteiger partial charge in [-0.05, 0) is 36.4 Å². The molecule has 6 atom stereocenters. The van der Waals surface area contributed by atoms with Crippen molar-refractivity contribution in [1.29, 1.82) is 0 Å². The van der Waals surface area contributed by atoms with E-state index in [9.17, 15) is 14.4 Å². The van der Waals surface area contributed by atoms with Gasteiger partial charge in [0.2, 0.25) is 11.5 Å². The van der Waals surface area contributed by atoms with Crippen LogP contribution in [0, 0.1) is 0 Å². The monoisotopic (exact) mass is 832 g/mol. The molecule has 0 radical (unpaired) electrons. The van der Waals surface area contributed by atoms with Crippen molar-refractivity contribution in [2.24, 2.45) is 0 Å². The second-order valence-electron chi connectivity index (χ2n) is 13.6. The van der Waals surface area contributed by atoms with Crippen molar-refractivity contribution < 1.29 is 76.0 Å². The Bertz CT molecular complexity index is 2230. The smallest absolute Gasteiger partial charge is 0.303 e. The number of fused-ring (bicyclic) bond motifs is 2. The molecular weight excluding hydrogens is 784 g/mol. The fraction of sp³-hybridized carbons (Fsp3) is 0.386. The lowest BCUT2D eigenvalue weighted by molar-refractivity contribution is -0.178. The fourth-order valence-electron chi connectivity index (χ4n) is 7.86. The summed E-state index contributed by atoms with van der Waals surface area (Å²) in [4.78, 5) is 39.1. The van der Waals surface area contributed by atoms with Gasteiger partial charge in [-0.15, -0.1) is 0 Å². The molecule has 320 valence electrons. The minimum Gasteiger partial charge on any atom is -0.497 e. The summed E-state index contributed by atoms with van der Waals surface area (Å²) in [6.07, 6.45) is -5.94. The molecule has 0 fully saturated rings. The third kappa shape index (κ3) is 8.01. The van der Waals surface area contributed by atoms with Gasteiger partial charge in [0.25, 0.3) is 0 Å². The Kier molecular flexibility index (Phi) is 12.9. The molecule has 16 nitrogen and oxygen atoms in total. The second-order valence-corrected chi connectivity index (χ2v) is 13.6. The van der Waals surface area contributed by atoms with Crippen LogP contribution in [0.15, 0.2) is 54.6 Å². The average molecular weight is 833 g/mol. The van der Waals surface area contributed by atoms with Crippen LogP contribution in [0.1, 0.15) is 72.8 Å². The molecule has 0 unspecified atom stereocenters. The van der Waals surface area contributed by atoms with Gasteiger partial charge in [0.05, 0.1) is 62.8 Å². The Balaban J connectivity index is 1.74. The fourth-order valence-corrected chi connectivity index (χ4v) is 7.86. The van der Waals surface area contributed by atoms with Crippen LogP contribution in [0.25, 0.3) is 0 Å². The van der Waals surface area contributed by atoms with Crippen LogP contribution >= 0.6 is 0 Å². The van der Waals surface area contributed by atoms with E-state index in [0.29, 0.717) is 62.3 Å². The minimum atomic E-state index is -1.29. The van der Waals surface area contributed by atoms with Crippen LogP contribution in [-0.2, 0) is 28.6 Å². The lowest BCUT2D eigenvalue weighted by atomic mass is 9.75. The largest absolute Gasteiger partial charge is 0.497 e. The normalized spacial score (nSPS) is 20.1. The molecule has 0 amide bonds. The summed E-state index contributed by atoms with van der Waals surface area (Å²) >= 11 is 0. The molecule has 0 N–H and O–H groups in total. The second kappa shape index (κ2) is 18.1. The highest BCUT2D eigenvalue weighted by Gasteiger charge is 2.51. The van der Waals surface area contributed by atoms with Gasteiger partial charge in [0.15, 0.2) is 53.5 Å².